The standard InChI is InChI=1S/C26H23F2N3O3/c27-21-12-11-18(15-22(21)28)16-29-24(32)30-13-14-31-23(17-30)26(34-25(31)33,19-7-3-1-4-8-19)20-9-5-2-6-10-20/h1-12,15,23H,13-14,16-17H2,(H,29,32). The zero-order valence-corrected chi connectivity index (χ0v) is 18.3. The molecule has 5 rings (SSSR count). The molecule has 8 heteroatoms. The van der Waals surface area contributed by atoms with Crippen LogP contribution in [-0.4, -0.2) is 47.6 Å². The van der Waals surface area contributed by atoms with Crippen molar-refractivity contribution in [1.29, 1.82) is 0 Å². The fourth-order valence-electron chi connectivity index (χ4n) is 4.78. The van der Waals surface area contributed by atoms with E-state index in [1.807, 2.05) is 60.7 Å². The van der Waals surface area contributed by atoms with Crippen LogP contribution in [0.2, 0.25) is 0 Å². The van der Waals surface area contributed by atoms with Gasteiger partial charge in [-0.25, -0.2) is 18.4 Å². The van der Waals surface area contributed by atoms with Crippen molar-refractivity contribution in [3.63, 3.8) is 0 Å². The third-order valence-corrected chi connectivity index (χ3v) is 6.45. The Kier molecular flexibility index (Phi) is 5.65. The van der Waals surface area contributed by atoms with Crippen LogP contribution in [0.15, 0.2) is 78.9 Å². The molecule has 0 bridgehead atoms. The largest absolute Gasteiger partial charge is 0.431 e. The predicted octanol–water partition coefficient (Wildman–Crippen LogP) is 4.25. The normalized spacial score (nSPS) is 18.9. The van der Waals surface area contributed by atoms with E-state index >= 15 is 0 Å². The molecular weight excluding hydrogens is 440 g/mol. The van der Waals surface area contributed by atoms with Crippen molar-refractivity contribution in [3.05, 3.63) is 107 Å². The molecule has 1 N–H and O–H groups in total. The molecule has 3 amide bonds. The van der Waals surface area contributed by atoms with Gasteiger partial charge in [0.15, 0.2) is 17.2 Å². The van der Waals surface area contributed by atoms with Gasteiger partial charge < -0.3 is 15.0 Å². The lowest BCUT2D eigenvalue weighted by Gasteiger charge is -2.42. The van der Waals surface area contributed by atoms with Crippen LogP contribution in [0.4, 0.5) is 18.4 Å². The van der Waals surface area contributed by atoms with Crippen molar-refractivity contribution in [2.45, 2.75) is 18.2 Å². The van der Waals surface area contributed by atoms with Crippen molar-refractivity contribution < 1.29 is 23.1 Å². The quantitative estimate of drug-likeness (QED) is 0.629. The van der Waals surface area contributed by atoms with Gasteiger partial charge in [-0.15, -0.1) is 0 Å². The average Bonchev–Trinajstić information content (AvgIpc) is 3.18. The maximum absolute atomic E-state index is 13.5. The van der Waals surface area contributed by atoms with Gasteiger partial charge in [0.25, 0.3) is 0 Å². The molecule has 0 aromatic heterocycles. The molecule has 34 heavy (non-hydrogen) atoms. The van der Waals surface area contributed by atoms with Gasteiger partial charge in [0.1, 0.15) is 6.04 Å². The van der Waals surface area contributed by atoms with Crippen molar-refractivity contribution in [2.75, 3.05) is 19.6 Å². The molecule has 3 aromatic rings. The Morgan fingerprint density at radius 2 is 1.59 bits per heavy atom. The summed E-state index contributed by atoms with van der Waals surface area (Å²) in [6.45, 7) is 0.955. The van der Waals surface area contributed by atoms with Crippen molar-refractivity contribution >= 4 is 12.1 Å². The number of cyclic esters (lactones) is 1. The van der Waals surface area contributed by atoms with Crippen LogP contribution in [0.5, 0.6) is 0 Å². The molecule has 2 saturated heterocycles. The first-order chi connectivity index (χ1) is 16.5. The number of benzene rings is 3. The third-order valence-electron chi connectivity index (χ3n) is 6.45. The summed E-state index contributed by atoms with van der Waals surface area (Å²) in [5.41, 5.74) is 1.03. The molecular formula is C26H23F2N3O3. The number of nitrogens with zero attached hydrogens (tertiary/aromatic N) is 2. The molecule has 0 aliphatic carbocycles. The summed E-state index contributed by atoms with van der Waals surface area (Å²) >= 11 is 0. The molecule has 3 aromatic carbocycles. The first-order valence-corrected chi connectivity index (χ1v) is 11.1. The first-order valence-electron chi connectivity index (χ1n) is 11.1. The maximum Gasteiger partial charge on any atom is 0.411 e. The monoisotopic (exact) mass is 463 g/mol. The lowest BCUT2D eigenvalue weighted by Crippen LogP contribution is -2.59. The van der Waals surface area contributed by atoms with Gasteiger partial charge in [-0.2, -0.15) is 0 Å². The molecule has 2 fully saturated rings. The van der Waals surface area contributed by atoms with E-state index in [0.29, 0.717) is 18.7 Å². The van der Waals surface area contributed by atoms with Crippen LogP contribution >= 0.6 is 0 Å². The van der Waals surface area contributed by atoms with Gasteiger partial charge in [0.05, 0.1) is 0 Å². The van der Waals surface area contributed by atoms with Crippen molar-refractivity contribution in [3.8, 4) is 0 Å². The average molecular weight is 463 g/mol. The second kappa shape index (κ2) is 8.78. The van der Waals surface area contributed by atoms with Gasteiger partial charge in [-0.1, -0.05) is 66.7 Å². The van der Waals surface area contributed by atoms with E-state index < -0.39 is 29.4 Å². The van der Waals surface area contributed by atoms with E-state index in [9.17, 15) is 18.4 Å². The number of piperazine rings is 1. The number of urea groups is 1. The summed E-state index contributed by atoms with van der Waals surface area (Å²) in [6.07, 6.45) is -0.417. The summed E-state index contributed by atoms with van der Waals surface area (Å²) < 4.78 is 32.8. The summed E-state index contributed by atoms with van der Waals surface area (Å²) in [5, 5.41) is 2.77. The number of ether oxygens (including phenoxy) is 1. The fourth-order valence-corrected chi connectivity index (χ4v) is 4.78. The summed E-state index contributed by atoms with van der Waals surface area (Å²) in [6, 6.07) is 21.8. The number of halogens is 2. The molecule has 174 valence electrons. The third kappa shape index (κ3) is 3.75. The molecule has 1 unspecified atom stereocenters. The van der Waals surface area contributed by atoms with E-state index in [1.165, 1.54) is 6.07 Å². The van der Waals surface area contributed by atoms with Crippen LogP contribution in [0.3, 0.4) is 0 Å². The van der Waals surface area contributed by atoms with Gasteiger partial charge in [-0.3, -0.25) is 4.90 Å². The molecule has 1 atom stereocenters. The zero-order chi connectivity index (χ0) is 23.7. The SMILES string of the molecule is O=C(NCc1ccc(F)c(F)c1)N1CCN2C(=O)OC(c3ccccc3)(c3ccccc3)C2C1. The van der Waals surface area contributed by atoms with Gasteiger partial charge >= 0.3 is 12.1 Å². The number of hydrogen-bond donors (Lipinski definition) is 1. The summed E-state index contributed by atoms with van der Waals surface area (Å²) in [5.74, 6) is -1.90. The predicted molar refractivity (Wildman–Crippen MR) is 121 cm³/mol. The Hall–Kier alpha value is -3.94. The maximum atomic E-state index is 13.5. The number of carbonyl (C=O) groups is 2. The van der Waals surface area contributed by atoms with Crippen molar-refractivity contribution in [2.24, 2.45) is 0 Å². The minimum absolute atomic E-state index is 0.0544. The number of fused-ring (bicyclic) bond motifs is 1. The summed E-state index contributed by atoms with van der Waals surface area (Å²) in [4.78, 5) is 29.2. The van der Waals surface area contributed by atoms with Crippen LogP contribution in [-0.2, 0) is 16.9 Å². The van der Waals surface area contributed by atoms with Crippen LogP contribution in [0.25, 0.3) is 0 Å². The van der Waals surface area contributed by atoms with Gasteiger partial charge in [-0.05, 0) is 17.7 Å². The highest BCUT2D eigenvalue weighted by Gasteiger charge is 2.58. The van der Waals surface area contributed by atoms with Crippen molar-refractivity contribution in [1.82, 2.24) is 15.1 Å². The van der Waals surface area contributed by atoms with Gasteiger partial charge in [0.2, 0.25) is 0 Å². The molecule has 0 spiro atoms. The Morgan fingerprint density at radius 1 is 0.941 bits per heavy atom. The second-order valence-electron chi connectivity index (χ2n) is 8.40. The highest BCUT2D eigenvalue weighted by atomic mass is 19.2. The zero-order valence-electron chi connectivity index (χ0n) is 18.3. The van der Waals surface area contributed by atoms with Crippen LogP contribution in [0.1, 0.15) is 16.7 Å². The molecule has 2 heterocycles. The Balaban J connectivity index is 1.42. The minimum Gasteiger partial charge on any atom is -0.431 e. The van der Waals surface area contributed by atoms with Crippen LogP contribution in [0, 0.1) is 11.6 Å². The molecule has 6 nitrogen and oxygen atoms in total. The molecule has 2 aliphatic heterocycles. The number of hydrogen-bond acceptors (Lipinski definition) is 3. The lowest BCUT2D eigenvalue weighted by molar-refractivity contribution is 0.0511. The van der Waals surface area contributed by atoms with E-state index in [1.54, 1.807) is 9.80 Å². The Labute approximate surface area is 195 Å². The molecule has 0 radical (unpaired) electrons. The first kappa shape index (κ1) is 21.9. The number of nitrogens with one attached hydrogen (secondary N) is 1. The smallest absolute Gasteiger partial charge is 0.411 e. The fraction of sp³-hybridized carbons (Fsp3) is 0.231. The molecule has 0 saturated carbocycles. The van der Waals surface area contributed by atoms with E-state index in [4.69, 9.17) is 4.74 Å². The minimum atomic E-state index is -1.07. The molecule has 2 aliphatic rings. The number of carbonyl (C=O) groups excluding carboxylic acids is 2. The highest BCUT2D eigenvalue weighted by Crippen LogP contribution is 2.45. The number of rotatable bonds is 4. The van der Waals surface area contributed by atoms with Gasteiger partial charge in [0, 0.05) is 37.3 Å². The topological polar surface area (TPSA) is 61.9 Å². The van der Waals surface area contributed by atoms with E-state index in [2.05, 4.69) is 5.32 Å². The van der Waals surface area contributed by atoms with Crippen LogP contribution < -0.4 is 5.32 Å². The Bertz CT molecular complexity index is 1170. The van der Waals surface area contributed by atoms with E-state index in [0.717, 1.165) is 23.3 Å². The van der Waals surface area contributed by atoms with E-state index in [-0.39, 0.29) is 19.1 Å². The summed E-state index contributed by atoms with van der Waals surface area (Å²) in [7, 11) is 0. The highest BCUT2D eigenvalue weighted by molar-refractivity contribution is 5.77. The second-order valence-corrected chi connectivity index (χ2v) is 8.40. The lowest BCUT2D eigenvalue weighted by atomic mass is 9.79. The Morgan fingerprint density at radius 3 is 2.21 bits per heavy atom. The number of amides is 3.